The summed E-state index contributed by atoms with van der Waals surface area (Å²) in [5, 5.41) is -1.47. The molecule has 0 bridgehead atoms. The van der Waals surface area contributed by atoms with Gasteiger partial charge in [0, 0.05) is 6.21 Å². The molecule has 5 heteroatoms. The van der Waals surface area contributed by atoms with Gasteiger partial charge in [-0.05, 0) is 0 Å². The van der Waals surface area contributed by atoms with E-state index in [9.17, 15) is 13.2 Å². The molecule has 9 heavy (non-hydrogen) atoms. The van der Waals surface area contributed by atoms with Gasteiger partial charge in [0.2, 0.25) is 0 Å². The minimum atomic E-state index is -4.17. The molecule has 1 atom stereocenters. The van der Waals surface area contributed by atoms with Gasteiger partial charge >= 0.3 is 6.18 Å². The van der Waals surface area contributed by atoms with E-state index < -0.39 is 11.4 Å². The van der Waals surface area contributed by atoms with Crippen LogP contribution in [0.1, 0.15) is 0 Å². The molecule has 0 aliphatic carbocycles. The van der Waals surface area contributed by atoms with Gasteiger partial charge < -0.3 is 0 Å². The Labute approximate surface area is 54.3 Å². The van der Waals surface area contributed by atoms with Crippen molar-refractivity contribution in [1.29, 1.82) is 0 Å². The summed E-state index contributed by atoms with van der Waals surface area (Å²) < 4.78 is 34.8. The fourth-order valence-corrected chi connectivity index (χ4v) is 0.858. The molecule has 1 heterocycles. The molecule has 0 saturated heterocycles. The lowest BCUT2D eigenvalue weighted by Crippen LogP contribution is -2.24. The maximum Gasteiger partial charge on any atom is 0.405 e. The van der Waals surface area contributed by atoms with Crippen molar-refractivity contribution in [3.8, 4) is 0 Å². The first-order valence-corrected chi connectivity index (χ1v) is 2.99. The largest absolute Gasteiger partial charge is 0.405 e. The number of hydrogen-bond donors (Lipinski definition) is 0. The number of nitrogens with zero attached hydrogens (tertiary/aromatic N) is 1. The quantitative estimate of drug-likeness (QED) is 0.516. The normalized spacial score (nSPS) is 27.2. The molecule has 0 aromatic heterocycles. The predicted octanol–water partition coefficient (Wildman–Crippen LogP) is 1.73. The minimum Gasteiger partial charge on any atom is -0.271 e. The maximum atomic E-state index is 11.6. The van der Waals surface area contributed by atoms with E-state index in [0.29, 0.717) is 11.8 Å². The number of rotatable bonds is 0. The molecule has 1 aliphatic heterocycles. The SMILES string of the molecule is FC(F)(F)C1C=N[C]S1. The predicted molar refractivity (Wildman–Crippen MR) is 29.2 cm³/mol. The van der Waals surface area contributed by atoms with Gasteiger partial charge in [0.1, 0.15) is 5.25 Å². The molecule has 0 saturated carbocycles. The highest BCUT2D eigenvalue weighted by Gasteiger charge is 2.40. The van der Waals surface area contributed by atoms with Crippen molar-refractivity contribution < 1.29 is 13.2 Å². The van der Waals surface area contributed by atoms with E-state index in [1.165, 1.54) is 0 Å². The summed E-state index contributed by atoms with van der Waals surface area (Å²) in [7, 11) is 0. The van der Waals surface area contributed by atoms with Crippen LogP contribution in [0.4, 0.5) is 13.2 Å². The highest BCUT2D eigenvalue weighted by Crippen LogP contribution is 2.33. The van der Waals surface area contributed by atoms with Gasteiger partial charge in [-0.15, -0.1) is 11.8 Å². The van der Waals surface area contributed by atoms with E-state index in [-0.39, 0.29) is 0 Å². The Balaban J connectivity index is 2.53. The van der Waals surface area contributed by atoms with Gasteiger partial charge in [0.25, 0.3) is 0 Å². The summed E-state index contributed by atoms with van der Waals surface area (Å²) in [5.74, 6) is 2.14. The first-order valence-electron chi connectivity index (χ1n) is 2.11. The summed E-state index contributed by atoms with van der Waals surface area (Å²) in [6.45, 7) is 0. The molecule has 0 aromatic carbocycles. The lowest BCUT2D eigenvalue weighted by atomic mass is 10.4. The Bertz CT molecular complexity index is 130. The van der Waals surface area contributed by atoms with Crippen LogP contribution in [0, 0.1) is 5.88 Å². The van der Waals surface area contributed by atoms with E-state index in [2.05, 4.69) is 10.9 Å². The third-order valence-corrected chi connectivity index (χ3v) is 1.62. The fraction of sp³-hybridized carbons (Fsp3) is 0.500. The molecule has 50 valence electrons. The van der Waals surface area contributed by atoms with E-state index >= 15 is 0 Å². The second-order valence-corrected chi connectivity index (χ2v) is 2.38. The highest BCUT2D eigenvalue weighted by atomic mass is 32.2. The number of alkyl halides is 3. The molecular formula is C4H2F3NS. The highest BCUT2D eigenvalue weighted by molar-refractivity contribution is 8.02. The Morgan fingerprint density at radius 2 is 2.22 bits per heavy atom. The van der Waals surface area contributed by atoms with Gasteiger partial charge in [0.15, 0.2) is 5.88 Å². The zero-order valence-corrected chi connectivity index (χ0v) is 4.96. The molecule has 1 aliphatic rings. The van der Waals surface area contributed by atoms with Crippen LogP contribution in [-0.4, -0.2) is 17.6 Å². The maximum absolute atomic E-state index is 11.6. The van der Waals surface area contributed by atoms with Gasteiger partial charge in [-0.1, -0.05) is 0 Å². The average molecular weight is 153 g/mol. The van der Waals surface area contributed by atoms with Crippen molar-refractivity contribution >= 4 is 18.0 Å². The van der Waals surface area contributed by atoms with E-state index in [1.807, 2.05) is 0 Å². The van der Waals surface area contributed by atoms with Crippen molar-refractivity contribution in [2.75, 3.05) is 0 Å². The van der Waals surface area contributed by atoms with Crippen LogP contribution < -0.4 is 0 Å². The van der Waals surface area contributed by atoms with Crippen molar-refractivity contribution in [3.63, 3.8) is 0 Å². The standard InChI is InChI=1S/C4H2F3NS/c5-4(6,7)3-1-8-2-9-3/h1,3H. The number of halogens is 3. The van der Waals surface area contributed by atoms with Crippen LogP contribution in [0.25, 0.3) is 0 Å². The molecule has 0 amide bonds. The Morgan fingerprint density at radius 1 is 1.56 bits per heavy atom. The Morgan fingerprint density at radius 3 is 2.44 bits per heavy atom. The van der Waals surface area contributed by atoms with Gasteiger partial charge in [-0.25, -0.2) is 0 Å². The van der Waals surface area contributed by atoms with Gasteiger partial charge in [-0.2, -0.15) is 13.2 Å². The molecule has 1 unspecified atom stereocenters. The number of hydrogen-bond acceptors (Lipinski definition) is 2. The minimum absolute atomic E-state index is 0.552. The van der Waals surface area contributed by atoms with Gasteiger partial charge in [0.05, 0.1) is 0 Å². The zero-order chi connectivity index (χ0) is 6.91. The van der Waals surface area contributed by atoms with Crippen molar-refractivity contribution in [2.24, 2.45) is 4.99 Å². The lowest BCUT2D eigenvalue weighted by Gasteiger charge is -2.08. The van der Waals surface area contributed by atoms with Crippen LogP contribution in [0.3, 0.4) is 0 Å². The van der Waals surface area contributed by atoms with Crippen LogP contribution in [0.15, 0.2) is 4.99 Å². The molecule has 0 spiro atoms. The molecule has 2 radical (unpaired) electrons. The van der Waals surface area contributed by atoms with E-state index in [4.69, 9.17) is 0 Å². The molecule has 1 nitrogen and oxygen atoms in total. The Hall–Kier alpha value is -0.190. The van der Waals surface area contributed by atoms with Crippen molar-refractivity contribution in [2.45, 2.75) is 11.4 Å². The number of thioether (sulfide) groups is 1. The summed E-state index contributed by atoms with van der Waals surface area (Å²) in [6, 6.07) is 0. The van der Waals surface area contributed by atoms with Crippen LogP contribution in [0.5, 0.6) is 0 Å². The molecule has 0 fully saturated rings. The molecule has 0 aromatic rings. The van der Waals surface area contributed by atoms with Crippen LogP contribution in [-0.2, 0) is 0 Å². The third-order valence-electron chi connectivity index (χ3n) is 0.765. The number of aliphatic imine (C=N–C) groups is 1. The molecular weight excluding hydrogens is 151 g/mol. The Kier molecular flexibility index (Phi) is 1.70. The second kappa shape index (κ2) is 2.21. The van der Waals surface area contributed by atoms with Crippen molar-refractivity contribution in [3.05, 3.63) is 5.88 Å². The third kappa shape index (κ3) is 1.61. The smallest absolute Gasteiger partial charge is 0.271 e. The monoisotopic (exact) mass is 153 g/mol. The van der Waals surface area contributed by atoms with E-state index in [1.54, 1.807) is 0 Å². The topological polar surface area (TPSA) is 12.4 Å². The fourth-order valence-electron chi connectivity index (χ4n) is 0.367. The van der Waals surface area contributed by atoms with E-state index in [0.717, 1.165) is 6.21 Å². The van der Waals surface area contributed by atoms with Crippen LogP contribution >= 0.6 is 11.8 Å². The van der Waals surface area contributed by atoms with Crippen LogP contribution in [0.2, 0.25) is 0 Å². The van der Waals surface area contributed by atoms with Crippen molar-refractivity contribution in [1.82, 2.24) is 0 Å². The second-order valence-electron chi connectivity index (χ2n) is 1.45. The van der Waals surface area contributed by atoms with Gasteiger partial charge in [-0.3, -0.25) is 4.99 Å². The molecule has 1 rings (SSSR count). The summed E-state index contributed by atoms with van der Waals surface area (Å²) in [4.78, 5) is 3.20. The summed E-state index contributed by atoms with van der Waals surface area (Å²) in [5.41, 5.74) is 0. The zero-order valence-electron chi connectivity index (χ0n) is 4.14. The average Bonchev–Trinajstić information content (AvgIpc) is 2.08. The summed E-state index contributed by atoms with van der Waals surface area (Å²) in [6.07, 6.45) is -3.33. The summed E-state index contributed by atoms with van der Waals surface area (Å²) >= 11 is 0.552. The first kappa shape index (κ1) is 6.92. The lowest BCUT2D eigenvalue weighted by molar-refractivity contribution is -0.115. The molecule has 0 N–H and O–H groups in total. The first-order chi connectivity index (χ1) is 4.11.